The zero-order valence-electron chi connectivity index (χ0n) is 17.0. The maximum Gasteiger partial charge on any atom is 0.225 e. The molecule has 0 radical (unpaired) electrons. The number of carbonyl (C=O) groups excluding carboxylic acids is 1. The molecule has 1 amide bonds. The number of nitrogens with zero attached hydrogens (tertiary/aromatic N) is 1. The van der Waals surface area contributed by atoms with Gasteiger partial charge >= 0.3 is 0 Å². The van der Waals surface area contributed by atoms with Crippen molar-refractivity contribution in [2.75, 3.05) is 31.6 Å². The third kappa shape index (κ3) is 6.23. The molecule has 1 aliphatic heterocycles. The number of amides is 1. The SMILES string of the molecule is CCNC(=NCC1CC(=O)Nc2ccccc21)NCCCOC1CCCCC1. The average Bonchev–Trinajstić information content (AvgIpc) is 2.72. The van der Waals surface area contributed by atoms with Gasteiger partial charge in [0, 0.05) is 37.7 Å². The minimum Gasteiger partial charge on any atom is -0.378 e. The number of anilines is 1. The van der Waals surface area contributed by atoms with Gasteiger partial charge in [0.25, 0.3) is 0 Å². The lowest BCUT2D eigenvalue weighted by atomic mass is 9.91. The molecule has 1 atom stereocenters. The summed E-state index contributed by atoms with van der Waals surface area (Å²) in [5.74, 6) is 0.996. The second-order valence-electron chi connectivity index (χ2n) is 7.67. The summed E-state index contributed by atoms with van der Waals surface area (Å²) in [6, 6.07) is 8.01. The van der Waals surface area contributed by atoms with Gasteiger partial charge in [-0.05, 0) is 37.8 Å². The molecule has 0 bridgehead atoms. The second-order valence-corrected chi connectivity index (χ2v) is 7.67. The van der Waals surface area contributed by atoms with E-state index >= 15 is 0 Å². The van der Waals surface area contributed by atoms with E-state index in [1.807, 2.05) is 18.2 Å². The summed E-state index contributed by atoms with van der Waals surface area (Å²) >= 11 is 0. The lowest BCUT2D eigenvalue weighted by Gasteiger charge is -2.24. The first kappa shape index (κ1) is 20.6. The third-order valence-corrected chi connectivity index (χ3v) is 5.44. The normalized spacial score (nSPS) is 20.4. The van der Waals surface area contributed by atoms with Crippen molar-refractivity contribution in [1.82, 2.24) is 10.6 Å². The highest BCUT2D eigenvalue weighted by Crippen LogP contribution is 2.31. The first-order chi connectivity index (χ1) is 13.8. The molecule has 6 nitrogen and oxygen atoms in total. The summed E-state index contributed by atoms with van der Waals surface area (Å²) in [6.45, 7) is 5.10. The van der Waals surface area contributed by atoms with E-state index in [0.717, 1.165) is 37.8 Å². The first-order valence-corrected chi connectivity index (χ1v) is 10.8. The van der Waals surface area contributed by atoms with Gasteiger partial charge in [-0.3, -0.25) is 9.79 Å². The van der Waals surface area contributed by atoms with Crippen molar-refractivity contribution in [2.45, 2.75) is 63.9 Å². The molecule has 1 saturated carbocycles. The Morgan fingerprint density at radius 1 is 1.21 bits per heavy atom. The summed E-state index contributed by atoms with van der Waals surface area (Å²) in [5, 5.41) is 9.63. The van der Waals surface area contributed by atoms with Crippen LogP contribution in [0.4, 0.5) is 5.69 Å². The number of carbonyl (C=O) groups is 1. The molecule has 3 rings (SSSR count). The topological polar surface area (TPSA) is 74.8 Å². The van der Waals surface area contributed by atoms with Crippen molar-refractivity contribution in [3.05, 3.63) is 29.8 Å². The van der Waals surface area contributed by atoms with Gasteiger partial charge in [-0.2, -0.15) is 0 Å². The highest BCUT2D eigenvalue weighted by Gasteiger charge is 2.24. The van der Waals surface area contributed by atoms with E-state index in [0.29, 0.717) is 19.1 Å². The van der Waals surface area contributed by atoms with Crippen LogP contribution in [0.3, 0.4) is 0 Å². The third-order valence-electron chi connectivity index (χ3n) is 5.44. The van der Waals surface area contributed by atoms with Crippen LogP contribution in [0.25, 0.3) is 0 Å². The van der Waals surface area contributed by atoms with E-state index in [9.17, 15) is 4.79 Å². The maximum atomic E-state index is 12.0. The minimum atomic E-state index is 0.0664. The molecule has 6 heteroatoms. The van der Waals surface area contributed by atoms with Crippen LogP contribution in [0.5, 0.6) is 0 Å². The summed E-state index contributed by atoms with van der Waals surface area (Å²) in [4.78, 5) is 16.7. The predicted molar refractivity (Wildman–Crippen MR) is 114 cm³/mol. The molecule has 0 aromatic heterocycles. The number of nitrogens with one attached hydrogen (secondary N) is 3. The van der Waals surface area contributed by atoms with Crippen LogP contribution in [0.1, 0.15) is 63.4 Å². The number of ether oxygens (including phenoxy) is 1. The molecule has 3 N–H and O–H groups in total. The van der Waals surface area contributed by atoms with Gasteiger partial charge in [0.15, 0.2) is 5.96 Å². The Labute approximate surface area is 168 Å². The van der Waals surface area contributed by atoms with Gasteiger partial charge in [0.2, 0.25) is 5.91 Å². The molecule has 154 valence electrons. The second kappa shape index (κ2) is 11.1. The molecule has 1 heterocycles. The number of hydrogen-bond acceptors (Lipinski definition) is 3. The van der Waals surface area contributed by atoms with Crippen molar-refractivity contribution >= 4 is 17.6 Å². The Balaban J connectivity index is 1.45. The Kier molecular flexibility index (Phi) is 8.15. The average molecular weight is 387 g/mol. The molecule has 2 aliphatic rings. The van der Waals surface area contributed by atoms with Crippen LogP contribution in [0.2, 0.25) is 0 Å². The number of guanidine groups is 1. The Hall–Kier alpha value is -2.08. The van der Waals surface area contributed by atoms with Crippen LogP contribution < -0.4 is 16.0 Å². The maximum absolute atomic E-state index is 12.0. The molecule has 1 aromatic carbocycles. The molecular formula is C22H34N4O2. The van der Waals surface area contributed by atoms with E-state index in [2.05, 4.69) is 28.9 Å². The van der Waals surface area contributed by atoms with Crippen LogP contribution in [0, 0.1) is 0 Å². The lowest BCUT2D eigenvalue weighted by molar-refractivity contribution is -0.116. The summed E-state index contributed by atoms with van der Waals surface area (Å²) in [5.41, 5.74) is 2.08. The fourth-order valence-electron chi connectivity index (χ4n) is 3.97. The molecule has 0 saturated heterocycles. The number of aliphatic imine (C=N–C) groups is 1. The molecule has 1 aromatic rings. The van der Waals surface area contributed by atoms with Gasteiger partial charge in [0.1, 0.15) is 0 Å². The molecule has 0 spiro atoms. The largest absolute Gasteiger partial charge is 0.378 e. The van der Waals surface area contributed by atoms with Crippen LogP contribution in [0.15, 0.2) is 29.3 Å². The highest BCUT2D eigenvalue weighted by molar-refractivity contribution is 5.94. The monoisotopic (exact) mass is 386 g/mol. The number of benzene rings is 1. The van der Waals surface area contributed by atoms with Crippen molar-refractivity contribution in [2.24, 2.45) is 4.99 Å². The minimum absolute atomic E-state index is 0.0664. The fraction of sp³-hybridized carbons (Fsp3) is 0.636. The van der Waals surface area contributed by atoms with E-state index < -0.39 is 0 Å². The summed E-state index contributed by atoms with van der Waals surface area (Å²) in [6.07, 6.45) is 8.32. The smallest absolute Gasteiger partial charge is 0.225 e. The van der Waals surface area contributed by atoms with E-state index in [4.69, 9.17) is 9.73 Å². The number of fused-ring (bicyclic) bond motifs is 1. The zero-order chi connectivity index (χ0) is 19.6. The Morgan fingerprint density at radius 3 is 2.86 bits per heavy atom. The number of rotatable bonds is 8. The van der Waals surface area contributed by atoms with Crippen LogP contribution in [-0.4, -0.2) is 44.2 Å². The Bertz CT molecular complexity index is 656. The summed E-state index contributed by atoms with van der Waals surface area (Å²) < 4.78 is 5.99. The van der Waals surface area contributed by atoms with E-state index in [-0.39, 0.29) is 11.8 Å². The van der Waals surface area contributed by atoms with Crippen molar-refractivity contribution in [3.63, 3.8) is 0 Å². The highest BCUT2D eigenvalue weighted by atomic mass is 16.5. The quantitative estimate of drug-likeness (QED) is 0.364. The molecule has 1 aliphatic carbocycles. The van der Waals surface area contributed by atoms with Crippen molar-refractivity contribution in [3.8, 4) is 0 Å². The molecule has 28 heavy (non-hydrogen) atoms. The standard InChI is InChI=1S/C22H34N4O2/c1-2-23-22(24-13-8-14-28-18-9-4-3-5-10-18)25-16-17-15-21(27)26-20-12-7-6-11-19(17)20/h6-7,11-12,17-18H,2-5,8-10,13-16H2,1H3,(H,26,27)(H2,23,24,25). The van der Waals surface area contributed by atoms with E-state index in [1.165, 1.54) is 37.7 Å². The van der Waals surface area contributed by atoms with E-state index in [1.54, 1.807) is 0 Å². The molecular weight excluding hydrogens is 352 g/mol. The Morgan fingerprint density at radius 2 is 2.04 bits per heavy atom. The lowest BCUT2D eigenvalue weighted by Crippen LogP contribution is -2.38. The van der Waals surface area contributed by atoms with Gasteiger partial charge in [-0.1, -0.05) is 37.5 Å². The van der Waals surface area contributed by atoms with Gasteiger partial charge < -0.3 is 20.7 Å². The predicted octanol–water partition coefficient (Wildman–Crippen LogP) is 3.41. The molecule has 1 fully saturated rings. The first-order valence-electron chi connectivity index (χ1n) is 10.8. The van der Waals surface area contributed by atoms with Gasteiger partial charge in [-0.15, -0.1) is 0 Å². The van der Waals surface area contributed by atoms with Gasteiger partial charge in [0.05, 0.1) is 12.6 Å². The zero-order valence-corrected chi connectivity index (χ0v) is 17.0. The van der Waals surface area contributed by atoms with Crippen molar-refractivity contribution in [1.29, 1.82) is 0 Å². The number of para-hydroxylation sites is 1. The molecule has 1 unspecified atom stereocenters. The van der Waals surface area contributed by atoms with Crippen LogP contribution >= 0.6 is 0 Å². The van der Waals surface area contributed by atoms with Crippen LogP contribution in [-0.2, 0) is 9.53 Å². The number of hydrogen-bond donors (Lipinski definition) is 3. The van der Waals surface area contributed by atoms with Gasteiger partial charge in [-0.25, -0.2) is 0 Å². The summed E-state index contributed by atoms with van der Waals surface area (Å²) in [7, 11) is 0. The fourth-order valence-corrected chi connectivity index (χ4v) is 3.97. The van der Waals surface area contributed by atoms with Crippen molar-refractivity contribution < 1.29 is 9.53 Å².